The molecule has 0 heterocycles. The summed E-state index contributed by atoms with van der Waals surface area (Å²) in [4.78, 5) is 0. The second kappa shape index (κ2) is 4.68. The van der Waals surface area contributed by atoms with Crippen LogP contribution in [0.1, 0.15) is 74.1 Å². The van der Waals surface area contributed by atoms with Crippen LogP contribution < -0.4 is 0 Å². The molecule has 1 aliphatic rings. The summed E-state index contributed by atoms with van der Waals surface area (Å²) in [6.07, 6.45) is 5.69. The summed E-state index contributed by atoms with van der Waals surface area (Å²) in [5.74, 6) is 0.947. The highest BCUT2D eigenvalue weighted by molar-refractivity contribution is 5.00. The zero-order chi connectivity index (χ0) is 11.9. The third-order valence-electron chi connectivity index (χ3n) is 5.00. The van der Waals surface area contributed by atoms with Crippen LogP contribution in [0.15, 0.2) is 0 Å². The van der Waals surface area contributed by atoms with E-state index >= 15 is 0 Å². The Balaban J connectivity index is 0.00000225. The molecule has 1 fully saturated rings. The van der Waals surface area contributed by atoms with E-state index in [9.17, 15) is 0 Å². The third kappa shape index (κ3) is 2.61. The van der Waals surface area contributed by atoms with E-state index in [0.717, 1.165) is 5.92 Å². The van der Waals surface area contributed by atoms with Crippen molar-refractivity contribution in [3.63, 3.8) is 0 Å². The van der Waals surface area contributed by atoms with Crippen LogP contribution in [0.4, 0.5) is 0 Å². The summed E-state index contributed by atoms with van der Waals surface area (Å²) in [5.41, 5.74) is 1.41. The summed E-state index contributed by atoms with van der Waals surface area (Å²) in [6.45, 7) is 17.0. The van der Waals surface area contributed by atoms with Gasteiger partial charge in [0.25, 0.3) is 0 Å². The smallest absolute Gasteiger partial charge is 0.0200 e. The molecule has 0 aromatic carbocycles. The van der Waals surface area contributed by atoms with E-state index < -0.39 is 0 Å². The summed E-state index contributed by atoms with van der Waals surface area (Å²) < 4.78 is 0. The Morgan fingerprint density at radius 2 is 1.12 bits per heavy atom. The van der Waals surface area contributed by atoms with Gasteiger partial charge in [-0.15, -0.1) is 0 Å². The summed E-state index contributed by atoms with van der Waals surface area (Å²) in [6, 6.07) is 0. The molecule has 0 aliphatic heterocycles. The third-order valence-corrected chi connectivity index (χ3v) is 5.00. The molecular weight excluding hydrogens is 196 g/mol. The molecular formula is C15H32O. The van der Waals surface area contributed by atoms with Crippen molar-refractivity contribution in [2.45, 2.75) is 74.1 Å². The maximum Gasteiger partial charge on any atom is -0.0200 e. The van der Waals surface area contributed by atoms with Gasteiger partial charge in [-0.2, -0.15) is 0 Å². The monoisotopic (exact) mass is 228 g/mol. The van der Waals surface area contributed by atoms with Crippen LogP contribution in [-0.2, 0) is 0 Å². The van der Waals surface area contributed by atoms with Crippen LogP contribution >= 0.6 is 0 Å². The molecule has 1 rings (SSSR count). The van der Waals surface area contributed by atoms with Gasteiger partial charge in [-0.1, -0.05) is 61.3 Å². The average molecular weight is 228 g/mol. The lowest BCUT2D eigenvalue weighted by atomic mass is 9.48. The first-order valence-electron chi connectivity index (χ1n) is 6.60. The van der Waals surface area contributed by atoms with Crippen LogP contribution in [-0.4, -0.2) is 5.48 Å². The van der Waals surface area contributed by atoms with Gasteiger partial charge in [-0.05, 0) is 35.0 Å². The minimum atomic E-state index is 0. The molecule has 0 amide bonds. The number of rotatable bonds is 0. The van der Waals surface area contributed by atoms with Crippen molar-refractivity contribution in [1.82, 2.24) is 0 Å². The van der Waals surface area contributed by atoms with Crippen molar-refractivity contribution in [1.29, 1.82) is 0 Å². The Morgan fingerprint density at radius 3 is 1.38 bits per heavy atom. The van der Waals surface area contributed by atoms with E-state index in [1.165, 1.54) is 25.7 Å². The van der Waals surface area contributed by atoms with Crippen molar-refractivity contribution in [2.75, 3.05) is 0 Å². The second-order valence-corrected chi connectivity index (χ2v) is 7.76. The lowest BCUT2D eigenvalue weighted by Crippen LogP contribution is -2.48. The zero-order valence-electron chi connectivity index (χ0n) is 12.4. The standard InChI is InChI=1S/C15H30.H2O/c1-12-8-10-15(11-9-12,13(2,3)4)14(5,6)7;/h12H,8-11H2,1-7H3;1H2. The lowest BCUT2D eigenvalue weighted by Gasteiger charge is -2.57. The van der Waals surface area contributed by atoms with E-state index in [1.54, 1.807) is 0 Å². The highest BCUT2D eigenvalue weighted by Gasteiger charge is 2.50. The maximum absolute atomic E-state index is 2.44. The fraction of sp³-hybridized carbons (Fsp3) is 1.00. The topological polar surface area (TPSA) is 31.5 Å². The van der Waals surface area contributed by atoms with Crippen LogP contribution in [0, 0.1) is 22.2 Å². The van der Waals surface area contributed by atoms with Crippen molar-refractivity contribution in [3.8, 4) is 0 Å². The van der Waals surface area contributed by atoms with Gasteiger partial charge in [-0.3, -0.25) is 0 Å². The summed E-state index contributed by atoms with van der Waals surface area (Å²) in [7, 11) is 0. The van der Waals surface area contributed by atoms with E-state index in [4.69, 9.17) is 0 Å². The Kier molecular flexibility index (Phi) is 4.67. The molecule has 0 spiro atoms. The van der Waals surface area contributed by atoms with E-state index in [0.29, 0.717) is 16.2 Å². The van der Waals surface area contributed by atoms with Crippen LogP contribution in [0.2, 0.25) is 0 Å². The maximum atomic E-state index is 2.44. The molecule has 0 atom stereocenters. The molecule has 1 aliphatic carbocycles. The molecule has 0 saturated heterocycles. The normalized spacial score (nSPS) is 22.7. The quantitative estimate of drug-likeness (QED) is 0.586. The summed E-state index contributed by atoms with van der Waals surface area (Å²) in [5, 5.41) is 0. The molecule has 1 saturated carbocycles. The van der Waals surface area contributed by atoms with E-state index in [2.05, 4.69) is 48.5 Å². The first kappa shape index (κ1) is 16.0. The molecule has 1 heteroatoms. The SMILES string of the molecule is CC1CCC(C(C)(C)C)(C(C)(C)C)CC1.O. The average Bonchev–Trinajstić information content (AvgIpc) is 2.00. The fourth-order valence-electron chi connectivity index (χ4n) is 3.88. The Hall–Kier alpha value is -0.0400. The number of hydrogen-bond acceptors (Lipinski definition) is 0. The van der Waals surface area contributed by atoms with Gasteiger partial charge < -0.3 is 5.48 Å². The highest BCUT2D eigenvalue weighted by Crippen LogP contribution is 2.60. The molecule has 1 nitrogen and oxygen atoms in total. The first-order chi connectivity index (χ1) is 6.60. The predicted octanol–water partition coefficient (Wildman–Crippen LogP) is 4.45. The van der Waals surface area contributed by atoms with Crippen molar-refractivity contribution >= 4 is 0 Å². The molecule has 0 bridgehead atoms. The van der Waals surface area contributed by atoms with Crippen molar-refractivity contribution in [2.24, 2.45) is 22.2 Å². The van der Waals surface area contributed by atoms with Crippen LogP contribution in [0.5, 0.6) is 0 Å². The fourth-order valence-corrected chi connectivity index (χ4v) is 3.88. The number of hydrogen-bond donors (Lipinski definition) is 0. The Bertz CT molecular complexity index is 193. The Labute approximate surface area is 102 Å². The van der Waals surface area contributed by atoms with Crippen molar-refractivity contribution in [3.05, 3.63) is 0 Å². The molecule has 0 aromatic heterocycles. The van der Waals surface area contributed by atoms with Gasteiger partial charge in [0.2, 0.25) is 0 Å². The van der Waals surface area contributed by atoms with Gasteiger partial charge >= 0.3 is 0 Å². The van der Waals surface area contributed by atoms with E-state index in [1.807, 2.05) is 0 Å². The molecule has 16 heavy (non-hydrogen) atoms. The molecule has 0 radical (unpaired) electrons. The van der Waals surface area contributed by atoms with Crippen LogP contribution in [0.25, 0.3) is 0 Å². The minimum Gasteiger partial charge on any atom is -0.412 e. The second-order valence-electron chi connectivity index (χ2n) is 7.76. The highest BCUT2D eigenvalue weighted by atomic mass is 16.0. The first-order valence-corrected chi connectivity index (χ1v) is 6.60. The van der Waals surface area contributed by atoms with Gasteiger partial charge in [-0.25, -0.2) is 0 Å². The van der Waals surface area contributed by atoms with Gasteiger partial charge in [0.05, 0.1) is 0 Å². The minimum absolute atomic E-state index is 0. The molecule has 2 N–H and O–H groups in total. The summed E-state index contributed by atoms with van der Waals surface area (Å²) >= 11 is 0. The van der Waals surface area contributed by atoms with Crippen molar-refractivity contribution < 1.29 is 5.48 Å². The molecule has 0 aromatic rings. The molecule has 0 unspecified atom stereocenters. The molecule has 98 valence electrons. The zero-order valence-corrected chi connectivity index (χ0v) is 12.4. The van der Waals surface area contributed by atoms with Gasteiger partial charge in [0, 0.05) is 0 Å². The van der Waals surface area contributed by atoms with Gasteiger partial charge in [0.1, 0.15) is 0 Å². The largest absolute Gasteiger partial charge is 0.412 e. The van der Waals surface area contributed by atoms with E-state index in [-0.39, 0.29) is 5.48 Å². The van der Waals surface area contributed by atoms with Crippen LogP contribution in [0.3, 0.4) is 0 Å². The Morgan fingerprint density at radius 1 is 0.812 bits per heavy atom. The lowest BCUT2D eigenvalue weighted by molar-refractivity contribution is -0.0724. The van der Waals surface area contributed by atoms with Gasteiger partial charge in [0.15, 0.2) is 0 Å². The predicted molar refractivity (Wildman–Crippen MR) is 72.6 cm³/mol.